The van der Waals surface area contributed by atoms with Crippen molar-refractivity contribution < 1.29 is 169 Å². The van der Waals surface area contributed by atoms with Gasteiger partial charge in [-0.05, 0) is 6.07 Å². The van der Waals surface area contributed by atoms with E-state index in [1.807, 2.05) is 4.98 Å². The van der Waals surface area contributed by atoms with Crippen molar-refractivity contribution in [2.45, 2.75) is 147 Å². The highest BCUT2D eigenvalue weighted by molar-refractivity contribution is 7.48. The first-order valence-electron chi connectivity index (χ1n) is 38.9. The maximum absolute atomic E-state index is 16.2. The number of alkyl halides is 1. The quantitative estimate of drug-likeness (QED) is 0.0691. The van der Waals surface area contributed by atoms with Crippen molar-refractivity contribution in [1.29, 1.82) is 0 Å². The third-order valence-corrected chi connectivity index (χ3v) is 28.0. The molecule has 25 N–H and O–H groups in total. The summed E-state index contributed by atoms with van der Waals surface area (Å²) in [6.07, 6.45) is -24.9. The number of nitrogens with zero attached hydrogens (tertiary/aromatic N) is 19. The molecule has 0 amide bonds. The molecule has 12 aromatic heterocycles. The summed E-state index contributed by atoms with van der Waals surface area (Å²) < 4.78 is 198. The van der Waals surface area contributed by atoms with Gasteiger partial charge in [0, 0.05) is 12.6 Å². The molecule has 21 rings (SSSR count). The first-order chi connectivity index (χ1) is 63.9. The summed E-state index contributed by atoms with van der Waals surface area (Å²) in [6.45, 7) is -5.43. The van der Waals surface area contributed by atoms with Gasteiger partial charge in [0.1, 0.15) is 145 Å². The SMILES string of the molecule is Nc1nc2c(ncn2[C@@H]2O[C@@H]3COP(=O)(O)O[C@H]4[C@@H](O)[C@H](n5ccc6c(N)ncnc65)O[C@@H]4COP(=O)(O)O[C@@H]2C3)c(=O)[nH]1.Nc1nc2c(ncn2[C@@H]2O[C@]3(F)COP(=O)(O)O[C@H]4[C@@H](O)[C@H](n5cnc6c(N)ncnc65)O[C@@H]4COP(=O)(O)O[C@@H]2[C@@H]3O)c(=O)[nH]1.Nc1ncnc2c1ncn2[C@@H]1O[C@@H]2COP(=O)(O)O[C@@H]3[C@H](O)[C@@H](COP(=O)(O)O[C@H]2[C@H]1O)O[C@H]3n1cnc2c(=O)[nH]c(=O)[nH]c21. The summed E-state index contributed by atoms with van der Waals surface area (Å²) in [6, 6.07) is 1.58. The number of phosphoric acid groups is 6. The van der Waals surface area contributed by atoms with Gasteiger partial charge in [0.15, 0.2) is 88.1 Å². The van der Waals surface area contributed by atoms with Gasteiger partial charge in [0.05, 0.1) is 76.2 Å². The Labute approximate surface area is 742 Å². The topological polar surface area (TPSA) is 950 Å². The molecule has 726 valence electrons. The van der Waals surface area contributed by atoms with Gasteiger partial charge >= 0.3 is 52.6 Å². The number of hydrogen-bond acceptors (Lipinski definition) is 51. The number of nitrogen functional groups attached to an aromatic ring is 5. The number of hydrogen-bond donors (Lipinski definition) is 20. The summed E-state index contributed by atoms with van der Waals surface area (Å²) in [5.74, 6) is -3.83. The van der Waals surface area contributed by atoms with E-state index >= 15 is 4.39 Å². The number of imidazole rings is 5. The molecule has 0 spiro atoms. The minimum atomic E-state index is -5.35. The summed E-state index contributed by atoms with van der Waals surface area (Å²) >= 11 is 0. The van der Waals surface area contributed by atoms with Crippen LogP contribution >= 0.6 is 46.9 Å². The molecule has 6 bridgehead atoms. The average Bonchev–Trinajstić information content (AvgIpc) is 1.59. The van der Waals surface area contributed by atoms with Crippen LogP contribution in [0.3, 0.4) is 0 Å². The zero-order valence-corrected chi connectivity index (χ0v) is 72.6. The van der Waals surface area contributed by atoms with Crippen LogP contribution in [-0.2, 0) is 110 Å². The Morgan fingerprint density at radius 3 is 1.30 bits per heavy atom. The predicted octanol–water partition coefficient (Wildman–Crippen LogP) is -5.38. The summed E-state index contributed by atoms with van der Waals surface area (Å²) in [7, 11) is -30.7. The van der Waals surface area contributed by atoms with Crippen molar-refractivity contribution in [1.82, 2.24) is 112 Å². The van der Waals surface area contributed by atoms with Gasteiger partial charge in [0.25, 0.3) is 22.5 Å². The average molecular weight is 2030 g/mol. The zero-order chi connectivity index (χ0) is 95.6. The molecule has 0 aliphatic carbocycles. The van der Waals surface area contributed by atoms with E-state index in [9.17, 15) is 101 Å². The maximum Gasteiger partial charge on any atom is 0.472 e. The minimum Gasteiger partial charge on any atom is -0.387 e. The lowest BCUT2D eigenvalue weighted by Crippen LogP contribution is -2.43. The van der Waals surface area contributed by atoms with Crippen LogP contribution in [0, 0.1) is 0 Å². The third-order valence-electron chi connectivity index (χ3n) is 22.1. The molecule has 67 nitrogen and oxygen atoms in total. The van der Waals surface area contributed by atoms with Gasteiger partial charge in [-0.1, -0.05) is 0 Å². The maximum atomic E-state index is 16.2. The normalized spacial score (nSPS) is 37.7. The van der Waals surface area contributed by atoms with Crippen LogP contribution in [0.1, 0.15) is 43.8 Å². The summed E-state index contributed by atoms with van der Waals surface area (Å²) in [5.41, 5.74) is 25.3. The number of nitrogens with two attached hydrogens (primary N) is 5. The molecule has 0 radical (unpaired) electrons. The molecule has 74 heteroatoms. The number of fused-ring (bicyclic) bond motifs is 15. The first-order valence-corrected chi connectivity index (χ1v) is 47.9. The fraction of sp³-hybridized carbons (Fsp3) is 0.492. The highest BCUT2D eigenvalue weighted by Crippen LogP contribution is 2.60. The van der Waals surface area contributed by atoms with E-state index in [0.29, 0.717) is 5.39 Å². The second kappa shape index (κ2) is 35.0. The number of ether oxygens (including phenoxy) is 6. The van der Waals surface area contributed by atoms with E-state index in [2.05, 4.69) is 79.7 Å². The Hall–Kier alpha value is -10.3. The fourth-order valence-corrected chi connectivity index (χ4v) is 21.7. The number of halogens is 1. The minimum absolute atomic E-state index is 0.00256. The van der Waals surface area contributed by atoms with Crippen molar-refractivity contribution in [3.8, 4) is 0 Å². The third kappa shape index (κ3) is 17.9. The highest BCUT2D eigenvalue weighted by Gasteiger charge is 2.63. The standard InChI is InChI=1S/C21H25N9O12P2.C20H23FN10O13P2.C20H23N9O14P2/c22-15-9-1-2-29(16(9)25-6-24-15)20-13(31)14-11(40-20)5-38-43(33,34)41-10-3-8(4-37-44(35,36)42-14)39-19(10)30-7-26-12-17(30)27-21(23)28-18(12)32;21-20-2-40-46(37,38)43-10-6(41-17(9(10)32)30-4-26-7-13(22)24-3-25-14(7)30)1-39-45(35,36)44-11(12(20)33)18(42-20)31-5-27-8-15(31)28-19(23)29-16(8)34;21-14-8-15(23-3-22-14)28(4-24-8)18-11(31)12-7(41-18)2-39-45(36,37)43-13-10(30)6(1-38-44(34,35)42-12)40-19(13)29-5-25-9-16(29)26-20(33)27-17(9)32/h1-2,6-8,10-11,13-14,19-20,31H,3-5H2,(H,33,34)(H,35,36)(H2,22,24,25)(H3,23,27,28,32);3-6,9-12,17-18,32-33H,1-2H2,(H,35,36)(H,37,38)(H2,22,24,25)(H3,23,28,29,34);3-7,10-13,18-19,30-31H,1-2H2,(H,34,35)(H,36,37)(H2,21,22,23)(H2,26,27,32,33)/t8-,10+,11+,13+,14+,19+,20+;6-,9-,10-,11-,12+,17-,18-,20-;6-,7-,10-,11-,12-,13-,18-,19-/m011/s1. The van der Waals surface area contributed by atoms with Crippen molar-refractivity contribution in [2.75, 3.05) is 68.3 Å². The number of phosphoric ester groups is 6. The predicted molar refractivity (Wildman–Crippen MR) is 430 cm³/mol. The van der Waals surface area contributed by atoms with Crippen molar-refractivity contribution in [3.05, 3.63) is 104 Å². The van der Waals surface area contributed by atoms with Crippen LogP contribution in [-0.4, -0.2) is 310 Å². The number of aliphatic hydroxyl groups is 5. The van der Waals surface area contributed by atoms with Crippen LogP contribution < -0.4 is 51.0 Å². The highest BCUT2D eigenvalue weighted by atomic mass is 31.2. The number of anilines is 5. The van der Waals surface area contributed by atoms with E-state index < -0.39 is 250 Å². The molecule has 29 atom stereocenters. The first kappa shape index (κ1) is 93.7. The van der Waals surface area contributed by atoms with Crippen LogP contribution in [0.5, 0.6) is 0 Å². The van der Waals surface area contributed by atoms with Gasteiger partial charge < -0.3 is 117 Å². The smallest absolute Gasteiger partial charge is 0.387 e. The number of aromatic nitrogens is 23. The van der Waals surface area contributed by atoms with E-state index in [-0.39, 0.29) is 97.2 Å². The largest absolute Gasteiger partial charge is 0.472 e. The molecule has 9 aliphatic heterocycles. The number of aromatic amines is 4. The summed E-state index contributed by atoms with van der Waals surface area (Å²) in [4.78, 5) is 173. The van der Waals surface area contributed by atoms with Crippen molar-refractivity contribution in [3.63, 3.8) is 0 Å². The Kier molecular flexibility index (Phi) is 24.3. The molecular weight excluding hydrogens is 1950 g/mol. The van der Waals surface area contributed by atoms with Crippen molar-refractivity contribution in [2.24, 2.45) is 0 Å². The van der Waals surface area contributed by atoms with E-state index in [1.165, 1.54) is 49.8 Å². The van der Waals surface area contributed by atoms with Crippen LogP contribution in [0.15, 0.2) is 82.1 Å². The van der Waals surface area contributed by atoms with Crippen LogP contribution in [0.2, 0.25) is 0 Å². The monoisotopic (exact) mass is 2020 g/mol. The Bertz CT molecular complexity index is 7210. The second-order valence-electron chi connectivity index (χ2n) is 30.6. The number of H-pyrrole nitrogens is 4. The van der Waals surface area contributed by atoms with E-state index in [1.54, 1.807) is 6.07 Å². The lowest BCUT2D eigenvalue weighted by Gasteiger charge is -2.26. The number of nitrogens with one attached hydrogen (secondary N) is 4. The number of aliphatic hydroxyl groups excluding tert-OH is 5. The Balaban J connectivity index is 0.000000130. The molecule has 12 aromatic rings. The lowest BCUT2D eigenvalue weighted by molar-refractivity contribution is -0.204. The molecule has 9 fully saturated rings. The van der Waals surface area contributed by atoms with Crippen LogP contribution in [0.4, 0.5) is 33.7 Å². The van der Waals surface area contributed by atoms with Crippen LogP contribution in [0.25, 0.3) is 66.9 Å². The molecule has 135 heavy (non-hydrogen) atoms. The van der Waals surface area contributed by atoms with Gasteiger partial charge in [-0.15, -0.1) is 0 Å². The molecule has 0 saturated carbocycles. The van der Waals surface area contributed by atoms with Gasteiger partial charge in [-0.2, -0.15) is 9.97 Å². The second-order valence-corrected chi connectivity index (χ2v) is 39.0. The fourth-order valence-electron chi connectivity index (χ4n) is 16.0. The van der Waals surface area contributed by atoms with Gasteiger partial charge in [0.2, 0.25) is 11.9 Å². The lowest BCUT2D eigenvalue weighted by atomic mass is 10.1. The Morgan fingerprint density at radius 2 is 0.778 bits per heavy atom. The molecule has 21 heterocycles. The molecule has 9 aliphatic rings. The van der Waals surface area contributed by atoms with Gasteiger partial charge in [-0.3, -0.25) is 111 Å². The van der Waals surface area contributed by atoms with Gasteiger partial charge in [-0.25, -0.2) is 91.4 Å². The van der Waals surface area contributed by atoms with E-state index in [0.717, 1.165) is 34.4 Å². The van der Waals surface area contributed by atoms with Crippen molar-refractivity contribution >= 4 is 143 Å². The molecule has 9 saturated heterocycles. The molecule has 0 aromatic carbocycles. The molecular formula is C61H71FN28O39P6. The zero-order valence-electron chi connectivity index (χ0n) is 67.2. The number of rotatable bonds is 6. The summed E-state index contributed by atoms with van der Waals surface area (Å²) in [5, 5.41) is 55.7. The molecule has 6 unspecified atom stereocenters. The Morgan fingerprint density at radius 1 is 0.378 bits per heavy atom. The van der Waals surface area contributed by atoms with E-state index in [4.69, 9.17) is 111 Å².